The van der Waals surface area contributed by atoms with Gasteiger partial charge in [-0.1, -0.05) is 54.6 Å². The van der Waals surface area contributed by atoms with Gasteiger partial charge in [-0.3, -0.25) is 4.57 Å². The van der Waals surface area contributed by atoms with Crippen molar-refractivity contribution in [2.45, 2.75) is 31.7 Å². The summed E-state index contributed by atoms with van der Waals surface area (Å²) >= 11 is 0. The predicted molar refractivity (Wildman–Crippen MR) is 111 cm³/mol. The third-order valence-corrected chi connectivity index (χ3v) is 5.14. The van der Waals surface area contributed by atoms with E-state index in [1.54, 1.807) is 12.1 Å². The minimum atomic E-state index is -6.31. The highest BCUT2D eigenvalue weighted by molar-refractivity contribution is 5.84. The molecule has 1 heterocycles. The normalized spacial score (nSPS) is 16.5. The van der Waals surface area contributed by atoms with Gasteiger partial charge >= 0.3 is 18.0 Å². The number of hydrogen-bond acceptors (Lipinski definition) is 1. The van der Waals surface area contributed by atoms with Crippen LogP contribution in [-0.2, 0) is 5.67 Å². The number of para-hydroxylation sites is 3. The fraction of sp³-hybridized carbons (Fsp3) is 0.208. The van der Waals surface area contributed by atoms with Crippen LogP contribution in [0.1, 0.15) is 24.9 Å². The third kappa shape index (κ3) is 3.55. The number of imidazole rings is 1. The van der Waals surface area contributed by atoms with Crippen LogP contribution >= 0.6 is 0 Å². The minimum absolute atomic E-state index is 0.126. The van der Waals surface area contributed by atoms with Crippen LogP contribution in [0.3, 0.4) is 0 Å². The van der Waals surface area contributed by atoms with Crippen LogP contribution in [0, 0.1) is 13.7 Å². The molecule has 9 heteroatoms. The van der Waals surface area contributed by atoms with E-state index >= 15 is 0 Å². The zero-order chi connectivity index (χ0) is 29.2. The second kappa shape index (κ2) is 7.60. The van der Waals surface area contributed by atoms with Crippen molar-refractivity contribution in [2.75, 3.05) is 0 Å². The van der Waals surface area contributed by atoms with E-state index in [-0.39, 0.29) is 39.2 Å². The first-order valence-corrected chi connectivity index (χ1v) is 9.33. The number of benzene rings is 3. The number of aromatic nitrogens is 2. The molecule has 0 saturated heterocycles. The molecular formula is C24H17F7N2. The summed E-state index contributed by atoms with van der Waals surface area (Å²) in [6.07, 6.45) is -12.6. The maximum absolute atomic E-state index is 14.6. The molecule has 0 fully saturated rings. The molecule has 0 aliphatic heterocycles. The number of hydrogen-bond donors (Lipinski definition) is 0. The average molecular weight is 472 g/mol. The number of halogens is 7. The maximum Gasteiger partial charge on any atom is 0.435 e. The molecule has 0 aliphatic rings. The summed E-state index contributed by atoms with van der Waals surface area (Å²) in [5.74, 6) is -0.187. The highest BCUT2D eigenvalue weighted by Gasteiger charge is 2.73. The van der Waals surface area contributed by atoms with E-state index in [4.69, 9.17) is 8.22 Å². The first-order valence-electron chi connectivity index (χ1n) is 12.3. The molecule has 1 aromatic heterocycles. The van der Waals surface area contributed by atoms with Gasteiger partial charge in [0.05, 0.1) is 16.7 Å². The molecule has 172 valence electrons. The van der Waals surface area contributed by atoms with Gasteiger partial charge in [0.1, 0.15) is 5.82 Å². The Bertz CT molecular complexity index is 1470. The number of fused-ring (bicyclic) bond motifs is 1. The Morgan fingerprint density at radius 2 is 1.30 bits per heavy atom. The van der Waals surface area contributed by atoms with E-state index < -0.39 is 37.3 Å². The molecule has 33 heavy (non-hydrogen) atoms. The van der Waals surface area contributed by atoms with E-state index in [1.165, 1.54) is 34.9 Å². The van der Waals surface area contributed by atoms with Gasteiger partial charge in [-0.2, -0.15) is 26.3 Å². The molecule has 0 radical (unpaired) electrons. The third-order valence-electron chi connectivity index (χ3n) is 5.14. The van der Waals surface area contributed by atoms with E-state index in [9.17, 15) is 30.7 Å². The molecular weight excluding hydrogens is 449 g/mol. The summed E-state index contributed by atoms with van der Waals surface area (Å²) in [4.78, 5) is 4.35. The van der Waals surface area contributed by atoms with Crippen LogP contribution in [0.2, 0.25) is 0 Å². The van der Waals surface area contributed by atoms with E-state index in [0.29, 0.717) is 12.1 Å². The van der Waals surface area contributed by atoms with E-state index in [1.807, 2.05) is 0 Å². The van der Waals surface area contributed by atoms with E-state index in [0.717, 1.165) is 12.1 Å². The second-order valence-corrected chi connectivity index (χ2v) is 7.19. The molecule has 4 aromatic rings. The van der Waals surface area contributed by atoms with Crippen molar-refractivity contribution in [1.29, 1.82) is 0 Å². The molecule has 0 N–H and O–H groups in total. The van der Waals surface area contributed by atoms with Gasteiger partial charge in [0.15, 0.2) is 0 Å². The maximum atomic E-state index is 14.6. The van der Waals surface area contributed by atoms with Gasteiger partial charge in [-0.15, -0.1) is 0 Å². The van der Waals surface area contributed by atoms with Crippen LogP contribution in [0.5, 0.6) is 0 Å². The second-order valence-electron chi connectivity index (χ2n) is 7.19. The summed E-state index contributed by atoms with van der Waals surface area (Å²) in [7, 11) is 0. The molecule has 2 nitrogen and oxygen atoms in total. The summed E-state index contributed by atoms with van der Waals surface area (Å²) < 4.78 is 143. The number of nitrogens with zero attached hydrogens (tertiary/aromatic N) is 2. The standard InChI is InChI=1S/C24H17F7N2/c1-14-6-5-7-15(2)20(14)33-19-9-4-3-8-18(19)32-21(33)16-10-12-17(13-11-16)22(25,23(26,27)28)24(29,30)31/h3-13H,1-2H3/i1D3,2D3. The molecule has 0 bridgehead atoms. The lowest BCUT2D eigenvalue weighted by Gasteiger charge is -2.30. The summed E-state index contributed by atoms with van der Waals surface area (Å²) in [5.41, 5.74) is -8.12. The Kier molecular flexibility index (Phi) is 3.75. The first kappa shape index (κ1) is 16.3. The lowest BCUT2D eigenvalue weighted by Crippen LogP contribution is -2.50. The predicted octanol–water partition coefficient (Wildman–Crippen LogP) is 7.60. The van der Waals surface area contributed by atoms with Gasteiger partial charge in [-0.05, 0) is 37.0 Å². The smallest absolute Gasteiger partial charge is 0.292 e. The fourth-order valence-corrected chi connectivity index (χ4v) is 3.57. The number of aryl methyl sites for hydroxylation is 2. The molecule has 0 aliphatic carbocycles. The van der Waals surface area contributed by atoms with Crippen molar-refractivity contribution in [3.05, 3.63) is 83.4 Å². The topological polar surface area (TPSA) is 17.8 Å². The van der Waals surface area contributed by atoms with Crippen LogP contribution in [0.4, 0.5) is 30.7 Å². The highest BCUT2D eigenvalue weighted by atomic mass is 19.4. The fourth-order valence-electron chi connectivity index (χ4n) is 3.57. The van der Waals surface area contributed by atoms with Crippen molar-refractivity contribution in [3.8, 4) is 17.1 Å². The SMILES string of the molecule is [2H]C([2H])([2H])c1cccc(C([2H])([2H])[2H])c1-n1c(-c2ccc(C(F)(C(F)(F)F)C(F)(F)F)cc2)nc2ccccc21. The lowest BCUT2D eigenvalue weighted by atomic mass is 9.93. The monoisotopic (exact) mass is 472 g/mol. The van der Waals surface area contributed by atoms with Gasteiger partial charge in [0.2, 0.25) is 0 Å². The van der Waals surface area contributed by atoms with Crippen molar-refractivity contribution < 1.29 is 39.0 Å². The minimum Gasteiger partial charge on any atom is -0.292 e. The van der Waals surface area contributed by atoms with Gasteiger partial charge in [-0.25, -0.2) is 9.37 Å². The molecule has 0 amide bonds. The lowest BCUT2D eigenvalue weighted by molar-refractivity contribution is -0.348. The zero-order valence-electron chi connectivity index (χ0n) is 22.4. The Morgan fingerprint density at radius 1 is 0.727 bits per heavy atom. The zero-order valence-corrected chi connectivity index (χ0v) is 16.4. The van der Waals surface area contributed by atoms with Gasteiger partial charge < -0.3 is 0 Å². The van der Waals surface area contributed by atoms with Gasteiger partial charge in [0, 0.05) is 19.4 Å². The molecule has 4 rings (SSSR count). The van der Waals surface area contributed by atoms with Crippen LogP contribution in [0.15, 0.2) is 66.7 Å². The van der Waals surface area contributed by atoms with Gasteiger partial charge in [0.25, 0.3) is 0 Å². The molecule has 3 aromatic carbocycles. The first-order chi connectivity index (χ1) is 17.8. The summed E-state index contributed by atoms with van der Waals surface area (Å²) in [6.45, 7) is -5.65. The Labute approximate surface area is 192 Å². The Balaban J connectivity index is 2.05. The molecule has 0 unspecified atom stereocenters. The summed E-state index contributed by atoms with van der Waals surface area (Å²) in [6, 6.07) is 11.9. The van der Waals surface area contributed by atoms with Crippen LogP contribution in [0.25, 0.3) is 28.1 Å². The van der Waals surface area contributed by atoms with Crippen LogP contribution in [-0.4, -0.2) is 21.9 Å². The highest BCUT2D eigenvalue weighted by Crippen LogP contribution is 2.53. The number of rotatable bonds is 3. The van der Waals surface area contributed by atoms with Crippen molar-refractivity contribution in [3.63, 3.8) is 0 Å². The molecule has 0 atom stereocenters. The van der Waals surface area contributed by atoms with Crippen molar-refractivity contribution in [2.24, 2.45) is 0 Å². The number of alkyl halides is 7. The quantitative estimate of drug-likeness (QED) is 0.281. The summed E-state index contributed by atoms with van der Waals surface area (Å²) in [5, 5.41) is 0. The Hall–Kier alpha value is -3.36. The average Bonchev–Trinajstić information content (AvgIpc) is 3.20. The van der Waals surface area contributed by atoms with Crippen molar-refractivity contribution in [1.82, 2.24) is 9.55 Å². The molecule has 0 saturated carbocycles. The van der Waals surface area contributed by atoms with Crippen LogP contribution < -0.4 is 0 Å². The molecule has 0 spiro atoms. The van der Waals surface area contributed by atoms with E-state index in [2.05, 4.69) is 4.98 Å². The Morgan fingerprint density at radius 3 is 1.85 bits per heavy atom. The largest absolute Gasteiger partial charge is 0.435 e. The van der Waals surface area contributed by atoms with Crippen molar-refractivity contribution >= 4 is 11.0 Å².